The number of pyridine rings is 1. The van der Waals surface area contributed by atoms with Gasteiger partial charge < -0.3 is 5.73 Å². The minimum absolute atomic E-state index is 0.179. The summed E-state index contributed by atoms with van der Waals surface area (Å²) in [7, 11) is 0. The third-order valence-corrected chi connectivity index (χ3v) is 4.80. The van der Waals surface area contributed by atoms with Gasteiger partial charge >= 0.3 is 0 Å². The second-order valence-corrected chi connectivity index (χ2v) is 6.24. The summed E-state index contributed by atoms with van der Waals surface area (Å²) in [6.07, 6.45) is 5.45. The largest absolute Gasteiger partial charge is 0.321 e. The van der Waals surface area contributed by atoms with Crippen molar-refractivity contribution >= 4 is 10.9 Å². The second kappa shape index (κ2) is 4.61. The van der Waals surface area contributed by atoms with Gasteiger partial charge in [-0.1, -0.05) is 32.4 Å². The summed E-state index contributed by atoms with van der Waals surface area (Å²) in [6, 6.07) is 10.6. The van der Waals surface area contributed by atoms with Gasteiger partial charge in [0.05, 0.1) is 5.52 Å². The normalized spacial score (nSPS) is 31.5. The zero-order chi connectivity index (χ0) is 13.5. The van der Waals surface area contributed by atoms with E-state index in [1.807, 2.05) is 12.3 Å². The molecule has 3 atom stereocenters. The van der Waals surface area contributed by atoms with Gasteiger partial charge in [-0.3, -0.25) is 4.98 Å². The van der Waals surface area contributed by atoms with Crippen LogP contribution in [0.25, 0.3) is 10.9 Å². The molecular formula is C17H22N2. The number of hydrogen-bond acceptors (Lipinski definition) is 2. The lowest BCUT2D eigenvalue weighted by molar-refractivity contribution is 0.162. The standard InChI is InChI=1S/C17H22N2/c1-12-5-6-13(2)17(18,11-12)15-7-8-16-14(10-15)4-3-9-19-16/h3-4,7-10,12-13H,5-6,11,18H2,1-2H3. The average molecular weight is 254 g/mol. The molecule has 2 heteroatoms. The quantitative estimate of drug-likeness (QED) is 0.839. The second-order valence-electron chi connectivity index (χ2n) is 6.24. The van der Waals surface area contributed by atoms with E-state index < -0.39 is 0 Å². The average Bonchev–Trinajstić information content (AvgIpc) is 2.43. The van der Waals surface area contributed by atoms with Crippen molar-refractivity contribution < 1.29 is 0 Å². The maximum atomic E-state index is 6.78. The summed E-state index contributed by atoms with van der Waals surface area (Å²) in [6.45, 7) is 4.61. The van der Waals surface area contributed by atoms with Crippen LogP contribution in [0, 0.1) is 11.8 Å². The third kappa shape index (κ3) is 2.14. The first kappa shape index (κ1) is 12.6. The van der Waals surface area contributed by atoms with Gasteiger partial charge in [-0.05, 0) is 48.4 Å². The summed E-state index contributed by atoms with van der Waals surface area (Å²) >= 11 is 0. The van der Waals surface area contributed by atoms with E-state index in [0.29, 0.717) is 11.8 Å². The van der Waals surface area contributed by atoms with Crippen LogP contribution < -0.4 is 5.73 Å². The van der Waals surface area contributed by atoms with Crippen LogP contribution in [0.1, 0.15) is 38.7 Å². The molecular weight excluding hydrogens is 232 g/mol. The van der Waals surface area contributed by atoms with E-state index in [1.165, 1.54) is 23.8 Å². The molecule has 100 valence electrons. The van der Waals surface area contributed by atoms with E-state index in [-0.39, 0.29) is 5.54 Å². The zero-order valence-electron chi connectivity index (χ0n) is 11.8. The first-order valence-electron chi connectivity index (χ1n) is 7.24. The number of nitrogens with zero attached hydrogens (tertiary/aromatic N) is 1. The first-order valence-corrected chi connectivity index (χ1v) is 7.24. The Kier molecular flexibility index (Phi) is 3.06. The van der Waals surface area contributed by atoms with Crippen LogP contribution in [0.15, 0.2) is 36.5 Å². The van der Waals surface area contributed by atoms with Crippen LogP contribution in [0.2, 0.25) is 0 Å². The smallest absolute Gasteiger partial charge is 0.0702 e. The molecule has 1 aromatic carbocycles. The molecule has 1 saturated carbocycles. The van der Waals surface area contributed by atoms with Gasteiger partial charge in [-0.2, -0.15) is 0 Å². The molecule has 2 aromatic rings. The zero-order valence-corrected chi connectivity index (χ0v) is 11.8. The maximum Gasteiger partial charge on any atom is 0.0702 e. The van der Waals surface area contributed by atoms with Crippen molar-refractivity contribution in [2.45, 2.75) is 38.6 Å². The molecule has 1 aliphatic rings. The summed E-state index contributed by atoms with van der Waals surface area (Å²) < 4.78 is 0. The highest BCUT2D eigenvalue weighted by Crippen LogP contribution is 2.42. The molecule has 0 amide bonds. The van der Waals surface area contributed by atoms with E-state index in [1.54, 1.807) is 0 Å². The summed E-state index contributed by atoms with van der Waals surface area (Å²) in [5.41, 5.74) is 8.92. The Balaban J connectivity index is 2.06. The topological polar surface area (TPSA) is 38.9 Å². The number of rotatable bonds is 1. The van der Waals surface area contributed by atoms with Crippen molar-refractivity contribution in [1.82, 2.24) is 4.98 Å². The Bertz CT molecular complexity index is 593. The number of nitrogens with two attached hydrogens (primary N) is 1. The number of fused-ring (bicyclic) bond motifs is 1. The SMILES string of the molecule is CC1CCC(C)C(N)(c2ccc3ncccc3c2)C1. The maximum absolute atomic E-state index is 6.78. The van der Waals surface area contributed by atoms with Gasteiger partial charge in [-0.25, -0.2) is 0 Å². The highest BCUT2D eigenvalue weighted by molar-refractivity contribution is 5.79. The van der Waals surface area contributed by atoms with Gasteiger partial charge in [0.2, 0.25) is 0 Å². The highest BCUT2D eigenvalue weighted by Gasteiger charge is 2.38. The number of aromatic nitrogens is 1. The van der Waals surface area contributed by atoms with Crippen molar-refractivity contribution in [2.24, 2.45) is 17.6 Å². The molecule has 1 fully saturated rings. The van der Waals surface area contributed by atoms with Gasteiger partial charge in [0.1, 0.15) is 0 Å². The molecule has 2 N–H and O–H groups in total. The fourth-order valence-electron chi connectivity index (χ4n) is 3.44. The first-order chi connectivity index (χ1) is 9.09. The minimum atomic E-state index is -0.179. The van der Waals surface area contributed by atoms with Crippen molar-refractivity contribution in [3.05, 3.63) is 42.1 Å². The monoisotopic (exact) mass is 254 g/mol. The third-order valence-electron chi connectivity index (χ3n) is 4.80. The highest BCUT2D eigenvalue weighted by atomic mass is 14.8. The molecule has 0 radical (unpaired) electrons. The fraction of sp³-hybridized carbons (Fsp3) is 0.471. The lowest BCUT2D eigenvalue weighted by atomic mass is 9.67. The molecule has 0 aliphatic heterocycles. The van der Waals surface area contributed by atoms with Crippen LogP contribution in [0.5, 0.6) is 0 Å². The minimum Gasteiger partial charge on any atom is -0.321 e. The molecule has 0 spiro atoms. The van der Waals surface area contributed by atoms with Crippen molar-refractivity contribution in [1.29, 1.82) is 0 Å². The van der Waals surface area contributed by atoms with Gasteiger partial charge in [0.25, 0.3) is 0 Å². The van der Waals surface area contributed by atoms with E-state index in [0.717, 1.165) is 11.9 Å². The van der Waals surface area contributed by atoms with Crippen LogP contribution in [-0.2, 0) is 5.54 Å². The molecule has 3 rings (SSSR count). The Hall–Kier alpha value is -1.41. The van der Waals surface area contributed by atoms with Crippen LogP contribution in [-0.4, -0.2) is 4.98 Å². The van der Waals surface area contributed by atoms with Crippen LogP contribution in [0.4, 0.5) is 0 Å². The lowest BCUT2D eigenvalue weighted by Crippen LogP contribution is -2.47. The van der Waals surface area contributed by atoms with Gasteiger partial charge in [0, 0.05) is 17.1 Å². The Morgan fingerprint density at radius 1 is 1.21 bits per heavy atom. The van der Waals surface area contributed by atoms with Gasteiger partial charge in [0.15, 0.2) is 0 Å². The van der Waals surface area contributed by atoms with Gasteiger partial charge in [-0.15, -0.1) is 0 Å². The van der Waals surface area contributed by atoms with Crippen molar-refractivity contribution in [2.75, 3.05) is 0 Å². The molecule has 0 saturated heterocycles. The predicted molar refractivity (Wildman–Crippen MR) is 79.8 cm³/mol. The van der Waals surface area contributed by atoms with Crippen LogP contribution >= 0.6 is 0 Å². The molecule has 19 heavy (non-hydrogen) atoms. The molecule has 1 aromatic heterocycles. The van der Waals surface area contributed by atoms with E-state index in [9.17, 15) is 0 Å². The summed E-state index contributed by atoms with van der Waals surface area (Å²) in [5.74, 6) is 1.25. The van der Waals surface area contributed by atoms with E-state index in [4.69, 9.17) is 5.73 Å². The summed E-state index contributed by atoms with van der Waals surface area (Å²) in [5, 5.41) is 1.19. The summed E-state index contributed by atoms with van der Waals surface area (Å²) in [4.78, 5) is 4.38. The molecule has 0 bridgehead atoms. The number of hydrogen-bond donors (Lipinski definition) is 1. The fourth-order valence-corrected chi connectivity index (χ4v) is 3.44. The molecule has 2 nitrogen and oxygen atoms in total. The molecule has 1 aliphatic carbocycles. The van der Waals surface area contributed by atoms with E-state index in [2.05, 4.69) is 43.1 Å². The Morgan fingerprint density at radius 3 is 2.89 bits per heavy atom. The lowest BCUT2D eigenvalue weighted by Gasteiger charge is -2.42. The molecule has 1 heterocycles. The Labute approximate surface area is 115 Å². The Morgan fingerprint density at radius 2 is 2.05 bits per heavy atom. The van der Waals surface area contributed by atoms with Crippen molar-refractivity contribution in [3.8, 4) is 0 Å². The molecule has 3 unspecified atom stereocenters. The van der Waals surface area contributed by atoms with Crippen molar-refractivity contribution in [3.63, 3.8) is 0 Å². The number of benzene rings is 1. The van der Waals surface area contributed by atoms with E-state index >= 15 is 0 Å². The van der Waals surface area contributed by atoms with Crippen LogP contribution in [0.3, 0.4) is 0 Å². The predicted octanol–water partition coefficient (Wildman–Crippen LogP) is 3.84.